The molecule has 1 aromatic carbocycles. The van der Waals surface area contributed by atoms with E-state index in [0.717, 1.165) is 43.4 Å². The fourth-order valence-electron chi connectivity index (χ4n) is 3.42. The lowest BCUT2D eigenvalue weighted by molar-refractivity contribution is -0.133. The molecule has 2 fully saturated rings. The third-order valence-electron chi connectivity index (χ3n) is 5.09. The number of benzene rings is 1. The van der Waals surface area contributed by atoms with Gasteiger partial charge >= 0.3 is 0 Å². The third kappa shape index (κ3) is 5.20. The fourth-order valence-corrected chi connectivity index (χ4v) is 4.66. The summed E-state index contributed by atoms with van der Waals surface area (Å²) in [5, 5.41) is 0.466. The number of amides is 1. The van der Waals surface area contributed by atoms with Crippen molar-refractivity contribution in [2.24, 2.45) is 0 Å². The minimum absolute atomic E-state index is 0.128. The molecule has 27 heavy (non-hydrogen) atoms. The minimum Gasteiger partial charge on any atom is -0.377 e. The number of likely N-dealkylation sites (N-methyl/N-ethyl adjacent to an activating group) is 1. The maximum atomic E-state index is 12.6. The number of sulfonamides is 1. The molecule has 2 saturated heterocycles. The maximum absolute atomic E-state index is 12.6. The highest BCUT2D eigenvalue weighted by molar-refractivity contribution is 7.89. The van der Waals surface area contributed by atoms with Gasteiger partial charge < -0.3 is 9.64 Å². The Labute approximate surface area is 165 Å². The van der Waals surface area contributed by atoms with E-state index in [0.29, 0.717) is 24.2 Å². The van der Waals surface area contributed by atoms with E-state index in [-0.39, 0.29) is 17.3 Å². The molecule has 2 aliphatic heterocycles. The molecule has 1 amide bonds. The number of carbonyl (C=O) groups excluding carboxylic acids is 1. The predicted octanol–water partition coefficient (Wildman–Crippen LogP) is 1.28. The highest BCUT2D eigenvalue weighted by Crippen LogP contribution is 2.18. The Balaban J connectivity index is 1.50. The molecule has 9 heteroatoms. The van der Waals surface area contributed by atoms with Crippen molar-refractivity contribution < 1.29 is 17.9 Å². The zero-order chi connectivity index (χ0) is 19.4. The first-order valence-corrected chi connectivity index (χ1v) is 11.0. The Kier molecular flexibility index (Phi) is 6.75. The van der Waals surface area contributed by atoms with Gasteiger partial charge in [-0.2, -0.15) is 4.31 Å². The average molecular weight is 416 g/mol. The molecule has 0 aliphatic carbocycles. The van der Waals surface area contributed by atoms with Crippen molar-refractivity contribution in [3.05, 3.63) is 29.3 Å². The Morgan fingerprint density at radius 1 is 1.22 bits per heavy atom. The van der Waals surface area contributed by atoms with Crippen molar-refractivity contribution >= 4 is 27.5 Å². The third-order valence-corrected chi connectivity index (χ3v) is 7.16. The van der Waals surface area contributed by atoms with Crippen LogP contribution in [0.25, 0.3) is 0 Å². The quantitative estimate of drug-likeness (QED) is 0.700. The van der Waals surface area contributed by atoms with Crippen LogP contribution in [0, 0.1) is 0 Å². The van der Waals surface area contributed by atoms with Gasteiger partial charge in [0.15, 0.2) is 0 Å². The molecular formula is C18H26ClN3O4S. The number of halogens is 1. The molecule has 1 atom stereocenters. The summed E-state index contributed by atoms with van der Waals surface area (Å²) in [5.41, 5.74) is 0. The molecule has 1 unspecified atom stereocenters. The molecule has 0 radical (unpaired) electrons. The monoisotopic (exact) mass is 415 g/mol. The smallest absolute Gasteiger partial charge is 0.243 e. The van der Waals surface area contributed by atoms with Crippen LogP contribution in [0.2, 0.25) is 5.02 Å². The second-order valence-electron chi connectivity index (χ2n) is 7.03. The van der Waals surface area contributed by atoms with E-state index in [9.17, 15) is 13.2 Å². The molecule has 7 nitrogen and oxygen atoms in total. The molecule has 0 saturated carbocycles. The average Bonchev–Trinajstić information content (AvgIpc) is 3.15. The number of carbonyl (C=O) groups is 1. The van der Waals surface area contributed by atoms with Gasteiger partial charge in [0.2, 0.25) is 15.9 Å². The lowest BCUT2D eigenvalue weighted by Gasteiger charge is -2.36. The van der Waals surface area contributed by atoms with E-state index in [1.54, 1.807) is 4.90 Å². The fraction of sp³-hybridized carbons (Fsp3) is 0.611. The molecule has 2 aliphatic rings. The molecular weight excluding hydrogens is 390 g/mol. The number of hydrogen-bond acceptors (Lipinski definition) is 5. The van der Waals surface area contributed by atoms with Crippen LogP contribution in [-0.2, 0) is 19.6 Å². The maximum Gasteiger partial charge on any atom is 0.243 e. The van der Waals surface area contributed by atoms with Crippen molar-refractivity contribution in [1.82, 2.24) is 14.1 Å². The first-order valence-electron chi connectivity index (χ1n) is 9.20. The largest absolute Gasteiger partial charge is 0.377 e. The summed E-state index contributed by atoms with van der Waals surface area (Å²) in [6.07, 6.45) is 2.53. The van der Waals surface area contributed by atoms with Crippen molar-refractivity contribution in [3.8, 4) is 0 Å². The topological polar surface area (TPSA) is 70.2 Å². The van der Waals surface area contributed by atoms with Crippen LogP contribution >= 0.6 is 11.6 Å². The Morgan fingerprint density at radius 2 is 1.89 bits per heavy atom. The minimum atomic E-state index is -3.72. The standard InChI is InChI=1S/C18H26ClN3O4S/c1-20(27(24,25)17-6-4-15(19)5-7-17)14-18(23)22-10-8-21(9-11-22)13-16-3-2-12-26-16/h4-7,16H,2-3,8-14H2,1H3. The molecule has 2 heterocycles. The molecule has 0 aromatic heterocycles. The predicted molar refractivity (Wildman–Crippen MR) is 103 cm³/mol. The van der Waals surface area contributed by atoms with E-state index in [4.69, 9.17) is 16.3 Å². The summed E-state index contributed by atoms with van der Waals surface area (Å²) in [4.78, 5) is 16.7. The van der Waals surface area contributed by atoms with E-state index in [1.807, 2.05) is 0 Å². The normalized spacial score (nSPS) is 21.7. The number of piperazine rings is 1. The van der Waals surface area contributed by atoms with Crippen LogP contribution < -0.4 is 0 Å². The lowest BCUT2D eigenvalue weighted by atomic mass is 10.2. The van der Waals surface area contributed by atoms with Crippen LogP contribution in [0.15, 0.2) is 29.2 Å². The molecule has 150 valence electrons. The second kappa shape index (κ2) is 8.87. The highest BCUT2D eigenvalue weighted by Gasteiger charge is 2.28. The van der Waals surface area contributed by atoms with Crippen LogP contribution in [0.5, 0.6) is 0 Å². The molecule has 3 rings (SSSR count). The van der Waals surface area contributed by atoms with Gasteiger partial charge in [-0.1, -0.05) is 11.6 Å². The number of rotatable bonds is 6. The van der Waals surface area contributed by atoms with Gasteiger partial charge in [-0.05, 0) is 37.1 Å². The summed E-state index contributed by atoms with van der Waals surface area (Å²) in [5.74, 6) is -0.174. The summed E-state index contributed by atoms with van der Waals surface area (Å²) >= 11 is 5.81. The number of nitrogens with zero attached hydrogens (tertiary/aromatic N) is 3. The summed E-state index contributed by atoms with van der Waals surface area (Å²) < 4.78 is 32.0. The van der Waals surface area contributed by atoms with E-state index < -0.39 is 10.0 Å². The first-order chi connectivity index (χ1) is 12.9. The van der Waals surface area contributed by atoms with Gasteiger partial charge in [-0.3, -0.25) is 9.69 Å². The van der Waals surface area contributed by atoms with Gasteiger partial charge in [0, 0.05) is 51.4 Å². The van der Waals surface area contributed by atoms with Gasteiger partial charge in [0.05, 0.1) is 17.5 Å². The van der Waals surface area contributed by atoms with Gasteiger partial charge in [-0.25, -0.2) is 8.42 Å². The Bertz CT molecular complexity index is 742. The molecule has 0 N–H and O–H groups in total. The SMILES string of the molecule is CN(CC(=O)N1CCN(CC2CCCO2)CC1)S(=O)(=O)c1ccc(Cl)cc1. The van der Waals surface area contributed by atoms with E-state index >= 15 is 0 Å². The van der Waals surface area contributed by atoms with Gasteiger partial charge in [-0.15, -0.1) is 0 Å². The summed E-state index contributed by atoms with van der Waals surface area (Å²) in [6, 6.07) is 5.94. The second-order valence-corrected chi connectivity index (χ2v) is 9.51. The summed E-state index contributed by atoms with van der Waals surface area (Å²) in [6.45, 7) is 4.39. The molecule has 0 bridgehead atoms. The van der Waals surface area contributed by atoms with E-state index in [1.165, 1.54) is 31.3 Å². The first kappa shape index (κ1) is 20.5. The highest BCUT2D eigenvalue weighted by atomic mass is 35.5. The van der Waals surface area contributed by atoms with Crippen LogP contribution in [-0.4, -0.2) is 87.5 Å². The number of ether oxygens (including phenoxy) is 1. The zero-order valence-corrected chi connectivity index (χ0v) is 17.1. The van der Waals surface area contributed by atoms with E-state index in [2.05, 4.69) is 4.90 Å². The van der Waals surface area contributed by atoms with Gasteiger partial charge in [0.25, 0.3) is 0 Å². The number of hydrogen-bond donors (Lipinski definition) is 0. The molecule has 0 spiro atoms. The van der Waals surface area contributed by atoms with Crippen molar-refractivity contribution in [2.45, 2.75) is 23.8 Å². The Morgan fingerprint density at radius 3 is 2.48 bits per heavy atom. The van der Waals surface area contributed by atoms with Crippen molar-refractivity contribution in [3.63, 3.8) is 0 Å². The van der Waals surface area contributed by atoms with Crippen molar-refractivity contribution in [2.75, 3.05) is 52.9 Å². The van der Waals surface area contributed by atoms with Crippen molar-refractivity contribution in [1.29, 1.82) is 0 Å². The molecule has 1 aromatic rings. The zero-order valence-electron chi connectivity index (χ0n) is 15.5. The van der Waals surface area contributed by atoms with Crippen LogP contribution in [0.4, 0.5) is 0 Å². The Hall–Kier alpha value is -1.19. The van der Waals surface area contributed by atoms with Crippen LogP contribution in [0.1, 0.15) is 12.8 Å². The van der Waals surface area contributed by atoms with Crippen LogP contribution in [0.3, 0.4) is 0 Å². The lowest BCUT2D eigenvalue weighted by Crippen LogP contribution is -2.52. The summed E-state index contributed by atoms with van der Waals surface area (Å²) in [7, 11) is -2.29. The van der Waals surface area contributed by atoms with Gasteiger partial charge in [0.1, 0.15) is 0 Å².